The van der Waals surface area contributed by atoms with Gasteiger partial charge in [-0.3, -0.25) is 0 Å². The topological polar surface area (TPSA) is 61.5 Å². The van der Waals surface area contributed by atoms with Crippen molar-refractivity contribution >= 4 is 27.6 Å². The molecule has 4 nitrogen and oxygen atoms in total. The summed E-state index contributed by atoms with van der Waals surface area (Å²) >= 11 is 3.38. The van der Waals surface area contributed by atoms with E-state index in [1.54, 1.807) is 25.1 Å². The summed E-state index contributed by atoms with van der Waals surface area (Å²) < 4.78 is 11.7. The molecule has 2 aromatic rings. The molecule has 0 spiro atoms. The van der Waals surface area contributed by atoms with Crippen molar-refractivity contribution in [2.45, 2.75) is 13.5 Å². The molecule has 2 rings (SSSR count). The highest BCUT2D eigenvalue weighted by atomic mass is 79.9. The molecule has 0 bridgehead atoms. The first kappa shape index (κ1) is 15.4. The van der Waals surface area contributed by atoms with Crippen molar-refractivity contribution < 1.29 is 14.3 Å². The minimum Gasteiger partial charge on any atom is -0.488 e. The lowest BCUT2D eigenvalue weighted by atomic mass is 10.2. The predicted octanol–water partition coefficient (Wildman–Crippen LogP) is 3.79. The zero-order valence-corrected chi connectivity index (χ0v) is 13.2. The van der Waals surface area contributed by atoms with E-state index in [1.807, 2.05) is 24.3 Å². The first-order valence-corrected chi connectivity index (χ1v) is 7.33. The van der Waals surface area contributed by atoms with Gasteiger partial charge in [-0.1, -0.05) is 28.1 Å². The van der Waals surface area contributed by atoms with Crippen LogP contribution in [-0.4, -0.2) is 12.6 Å². The Hall–Kier alpha value is -2.01. The highest BCUT2D eigenvalue weighted by molar-refractivity contribution is 9.10. The summed E-state index contributed by atoms with van der Waals surface area (Å²) in [6.45, 7) is 2.43. The first-order valence-electron chi connectivity index (χ1n) is 6.54. The zero-order chi connectivity index (χ0) is 15.2. The van der Waals surface area contributed by atoms with Gasteiger partial charge in [0.25, 0.3) is 0 Å². The summed E-state index contributed by atoms with van der Waals surface area (Å²) in [5.41, 5.74) is 7.66. The van der Waals surface area contributed by atoms with Gasteiger partial charge in [0.15, 0.2) is 0 Å². The van der Waals surface area contributed by atoms with Crippen molar-refractivity contribution in [2.24, 2.45) is 0 Å². The van der Waals surface area contributed by atoms with Gasteiger partial charge in [0.2, 0.25) is 0 Å². The molecule has 2 aromatic carbocycles. The van der Waals surface area contributed by atoms with Crippen LogP contribution in [0.1, 0.15) is 22.8 Å². The lowest BCUT2D eigenvalue weighted by molar-refractivity contribution is 0.0521. The quantitative estimate of drug-likeness (QED) is 0.658. The third kappa shape index (κ3) is 4.23. The summed E-state index contributed by atoms with van der Waals surface area (Å²) in [7, 11) is 0. The van der Waals surface area contributed by atoms with Crippen molar-refractivity contribution in [3.8, 4) is 5.75 Å². The van der Waals surface area contributed by atoms with E-state index in [1.165, 1.54) is 0 Å². The molecule has 0 amide bonds. The Bertz CT molecular complexity index is 626. The standard InChI is InChI=1S/C16H16BrNO3/c1-2-20-16(19)14-8-7-13(18)9-15(14)21-10-11-3-5-12(17)6-4-11/h3-9H,2,10,18H2,1H3. The minimum atomic E-state index is -0.414. The van der Waals surface area contributed by atoms with Crippen molar-refractivity contribution in [1.29, 1.82) is 0 Å². The van der Waals surface area contributed by atoms with Crippen molar-refractivity contribution in [2.75, 3.05) is 12.3 Å². The minimum absolute atomic E-state index is 0.315. The highest BCUT2D eigenvalue weighted by Crippen LogP contribution is 2.24. The van der Waals surface area contributed by atoms with Gasteiger partial charge in [0.05, 0.1) is 6.61 Å². The van der Waals surface area contributed by atoms with Gasteiger partial charge < -0.3 is 15.2 Å². The number of hydrogen-bond donors (Lipinski definition) is 1. The second-order valence-electron chi connectivity index (χ2n) is 4.39. The van der Waals surface area contributed by atoms with Gasteiger partial charge in [-0.2, -0.15) is 0 Å². The largest absolute Gasteiger partial charge is 0.488 e. The number of carbonyl (C=O) groups excluding carboxylic acids is 1. The van der Waals surface area contributed by atoms with Gasteiger partial charge in [0.1, 0.15) is 17.9 Å². The number of esters is 1. The molecule has 21 heavy (non-hydrogen) atoms. The normalized spacial score (nSPS) is 10.2. The molecule has 0 atom stereocenters. The molecule has 0 radical (unpaired) electrons. The van der Waals surface area contributed by atoms with Crippen LogP contribution in [0.25, 0.3) is 0 Å². The number of nitrogens with two attached hydrogens (primary N) is 1. The zero-order valence-electron chi connectivity index (χ0n) is 11.6. The lowest BCUT2D eigenvalue weighted by Crippen LogP contribution is -2.08. The maximum Gasteiger partial charge on any atom is 0.341 e. The summed E-state index contributed by atoms with van der Waals surface area (Å²) in [6, 6.07) is 12.7. The van der Waals surface area contributed by atoms with E-state index in [2.05, 4.69) is 15.9 Å². The molecule has 110 valence electrons. The monoisotopic (exact) mass is 349 g/mol. The molecule has 0 aliphatic carbocycles. The van der Waals surface area contributed by atoms with Crippen LogP contribution >= 0.6 is 15.9 Å². The Morgan fingerprint density at radius 1 is 1.19 bits per heavy atom. The SMILES string of the molecule is CCOC(=O)c1ccc(N)cc1OCc1ccc(Br)cc1. The van der Waals surface area contributed by atoms with Crippen LogP contribution in [0.2, 0.25) is 0 Å². The fraction of sp³-hybridized carbons (Fsp3) is 0.188. The molecular formula is C16H16BrNO3. The molecule has 0 unspecified atom stereocenters. The number of benzene rings is 2. The van der Waals surface area contributed by atoms with Crippen molar-refractivity contribution in [1.82, 2.24) is 0 Å². The summed E-state index contributed by atoms with van der Waals surface area (Å²) in [5, 5.41) is 0. The molecule has 2 N–H and O–H groups in total. The summed E-state index contributed by atoms with van der Waals surface area (Å²) in [4.78, 5) is 11.9. The second-order valence-corrected chi connectivity index (χ2v) is 5.31. The Balaban J connectivity index is 2.16. The molecule has 0 aliphatic heterocycles. The van der Waals surface area contributed by atoms with Gasteiger partial charge in [0, 0.05) is 16.2 Å². The third-order valence-corrected chi connectivity index (χ3v) is 3.34. The first-order chi connectivity index (χ1) is 10.1. The second kappa shape index (κ2) is 7.13. The fourth-order valence-electron chi connectivity index (χ4n) is 1.78. The maximum absolute atomic E-state index is 11.9. The average molecular weight is 350 g/mol. The highest BCUT2D eigenvalue weighted by Gasteiger charge is 2.14. The lowest BCUT2D eigenvalue weighted by Gasteiger charge is -2.12. The van der Waals surface area contributed by atoms with Crippen LogP contribution in [0.15, 0.2) is 46.9 Å². The fourth-order valence-corrected chi connectivity index (χ4v) is 2.04. The van der Waals surface area contributed by atoms with Crippen LogP contribution in [0.3, 0.4) is 0 Å². The van der Waals surface area contributed by atoms with Gasteiger partial charge in [-0.15, -0.1) is 0 Å². The van der Waals surface area contributed by atoms with Crippen molar-refractivity contribution in [3.05, 3.63) is 58.1 Å². The van der Waals surface area contributed by atoms with Crippen LogP contribution in [0.4, 0.5) is 5.69 Å². The molecule has 0 aromatic heterocycles. The Morgan fingerprint density at radius 3 is 2.57 bits per heavy atom. The Labute approximate surface area is 132 Å². The molecular weight excluding hydrogens is 334 g/mol. The number of halogens is 1. The summed E-state index contributed by atoms with van der Waals surface area (Å²) in [6.07, 6.45) is 0. The maximum atomic E-state index is 11.9. The number of rotatable bonds is 5. The van der Waals surface area contributed by atoms with Crippen molar-refractivity contribution in [3.63, 3.8) is 0 Å². The Kier molecular flexibility index (Phi) is 5.22. The molecule has 5 heteroatoms. The van der Waals surface area contributed by atoms with E-state index in [0.717, 1.165) is 10.0 Å². The van der Waals surface area contributed by atoms with Crippen LogP contribution in [-0.2, 0) is 11.3 Å². The number of hydrogen-bond acceptors (Lipinski definition) is 4. The molecule has 0 saturated heterocycles. The molecule has 0 fully saturated rings. The average Bonchev–Trinajstić information content (AvgIpc) is 2.47. The number of nitrogen functional groups attached to an aromatic ring is 1. The van der Waals surface area contributed by atoms with E-state index in [9.17, 15) is 4.79 Å². The van der Waals surface area contributed by atoms with E-state index >= 15 is 0 Å². The number of anilines is 1. The van der Waals surface area contributed by atoms with Gasteiger partial charge >= 0.3 is 5.97 Å². The number of ether oxygens (including phenoxy) is 2. The van der Waals surface area contributed by atoms with Crippen LogP contribution in [0.5, 0.6) is 5.75 Å². The van der Waals surface area contributed by atoms with Crippen LogP contribution < -0.4 is 10.5 Å². The Morgan fingerprint density at radius 2 is 1.90 bits per heavy atom. The molecule has 0 aliphatic rings. The van der Waals surface area contributed by atoms with Crippen LogP contribution in [0, 0.1) is 0 Å². The molecule has 0 saturated carbocycles. The van der Waals surface area contributed by atoms with Gasteiger partial charge in [-0.25, -0.2) is 4.79 Å². The van der Waals surface area contributed by atoms with Gasteiger partial charge in [-0.05, 0) is 36.8 Å². The third-order valence-electron chi connectivity index (χ3n) is 2.81. The number of carbonyl (C=O) groups is 1. The molecule has 0 heterocycles. The van der Waals surface area contributed by atoms with E-state index in [0.29, 0.717) is 30.2 Å². The van der Waals surface area contributed by atoms with E-state index in [4.69, 9.17) is 15.2 Å². The van der Waals surface area contributed by atoms with E-state index in [-0.39, 0.29) is 0 Å². The predicted molar refractivity (Wildman–Crippen MR) is 85.3 cm³/mol. The smallest absolute Gasteiger partial charge is 0.341 e. The summed E-state index contributed by atoms with van der Waals surface area (Å²) in [5.74, 6) is 0.0136. The van der Waals surface area contributed by atoms with E-state index < -0.39 is 5.97 Å².